The van der Waals surface area contributed by atoms with Gasteiger partial charge in [0.05, 0.1) is 15.1 Å². The van der Waals surface area contributed by atoms with Crippen molar-refractivity contribution in [2.75, 3.05) is 19.4 Å². The minimum absolute atomic E-state index is 0.150. The van der Waals surface area contributed by atoms with Crippen LogP contribution in [-0.4, -0.2) is 37.7 Å². The molecule has 10 heteroatoms. The van der Waals surface area contributed by atoms with E-state index in [2.05, 4.69) is 26.2 Å². The number of halogens is 1. The normalized spacial score (nSPS) is 12.0. The van der Waals surface area contributed by atoms with Crippen LogP contribution in [-0.2, 0) is 10.0 Å². The van der Waals surface area contributed by atoms with Crippen LogP contribution in [0, 0.1) is 0 Å². The van der Waals surface area contributed by atoms with Crippen LogP contribution in [0.5, 0.6) is 0 Å². The van der Waals surface area contributed by atoms with Crippen molar-refractivity contribution < 1.29 is 17.6 Å². The molecule has 0 saturated carbocycles. The molecule has 126 valence electrons. The first-order valence-electron chi connectivity index (χ1n) is 6.67. The summed E-state index contributed by atoms with van der Waals surface area (Å²) in [6.07, 6.45) is 0. The fourth-order valence-electron chi connectivity index (χ4n) is 1.92. The van der Waals surface area contributed by atoms with Crippen molar-refractivity contribution in [1.29, 1.82) is 0 Å². The first-order valence-corrected chi connectivity index (χ1v) is 9.72. The lowest BCUT2D eigenvalue weighted by atomic mass is 10.3. The number of thiazole rings is 1. The molecule has 1 N–H and O–H groups in total. The predicted octanol–water partition coefficient (Wildman–Crippen LogP) is 3.15. The molecular formula is C14H12BrN3O4S2. The molecule has 3 aromatic rings. The topological polar surface area (TPSA) is 92.5 Å². The smallest absolute Gasteiger partial charge is 0.293 e. The number of amides is 1. The number of fused-ring (bicyclic) bond motifs is 1. The Labute approximate surface area is 150 Å². The zero-order valence-electron chi connectivity index (χ0n) is 12.6. The largest absolute Gasteiger partial charge is 0.444 e. The van der Waals surface area contributed by atoms with E-state index in [1.807, 2.05) is 0 Å². The minimum atomic E-state index is -3.52. The lowest BCUT2D eigenvalue weighted by molar-refractivity contribution is 0.0995. The molecule has 0 fully saturated rings. The monoisotopic (exact) mass is 429 g/mol. The van der Waals surface area contributed by atoms with E-state index in [0.717, 1.165) is 4.31 Å². The Kier molecular flexibility index (Phi) is 4.47. The maximum absolute atomic E-state index is 12.2. The van der Waals surface area contributed by atoms with Crippen molar-refractivity contribution in [3.63, 3.8) is 0 Å². The number of anilines is 1. The van der Waals surface area contributed by atoms with Gasteiger partial charge in [0.2, 0.25) is 10.0 Å². The van der Waals surface area contributed by atoms with Crippen molar-refractivity contribution in [3.05, 3.63) is 40.8 Å². The molecule has 0 spiro atoms. The van der Waals surface area contributed by atoms with Gasteiger partial charge in [0.15, 0.2) is 15.6 Å². The van der Waals surface area contributed by atoms with Crippen LogP contribution >= 0.6 is 27.3 Å². The Morgan fingerprint density at radius 3 is 2.67 bits per heavy atom. The number of carbonyl (C=O) groups is 1. The highest BCUT2D eigenvalue weighted by atomic mass is 79.9. The zero-order valence-corrected chi connectivity index (χ0v) is 15.8. The molecule has 0 saturated heterocycles. The van der Waals surface area contributed by atoms with Crippen molar-refractivity contribution in [2.24, 2.45) is 0 Å². The van der Waals surface area contributed by atoms with Gasteiger partial charge < -0.3 is 4.42 Å². The molecule has 3 rings (SSSR count). The second-order valence-corrected chi connectivity index (χ2v) is 8.96. The molecule has 0 aliphatic heterocycles. The van der Waals surface area contributed by atoms with E-state index in [1.165, 1.54) is 37.6 Å². The SMILES string of the molecule is CN(C)S(=O)(=O)c1ccc2nc(NC(=O)c3ccc(Br)o3)sc2c1. The van der Waals surface area contributed by atoms with Crippen molar-refractivity contribution in [1.82, 2.24) is 9.29 Å². The number of benzene rings is 1. The maximum atomic E-state index is 12.2. The van der Waals surface area contributed by atoms with Gasteiger partial charge in [-0.2, -0.15) is 0 Å². The third-order valence-electron chi connectivity index (χ3n) is 3.16. The van der Waals surface area contributed by atoms with Crippen LogP contribution in [0.15, 0.2) is 44.3 Å². The van der Waals surface area contributed by atoms with E-state index in [0.29, 0.717) is 20.0 Å². The second-order valence-electron chi connectivity index (χ2n) is 4.99. The molecule has 0 bridgehead atoms. The predicted molar refractivity (Wildman–Crippen MR) is 94.9 cm³/mol. The number of nitrogens with zero attached hydrogens (tertiary/aromatic N) is 2. The average Bonchev–Trinajstić information content (AvgIpc) is 3.11. The highest BCUT2D eigenvalue weighted by molar-refractivity contribution is 9.10. The molecule has 2 heterocycles. The summed E-state index contributed by atoms with van der Waals surface area (Å²) in [4.78, 5) is 16.5. The van der Waals surface area contributed by atoms with Gasteiger partial charge >= 0.3 is 0 Å². The van der Waals surface area contributed by atoms with E-state index in [4.69, 9.17) is 4.42 Å². The minimum Gasteiger partial charge on any atom is -0.444 e. The van der Waals surface area contributed by atoms with Crippen molar-refractivity contribution in [3.8, 4) is 0 Å². The molecule has 0 atom stereocenters. The van der Waals surface area contributed by atoms with Gasteiger partial charge in [-0.25, -0.2) is 17.7 Å². The molecule has 0 aliphatic carbocycles. The van der Waals surface area contributed by atoms with Crippen LogP contribution in [0.1, 0.15) is 10.6 Å². The Hall–Kier alpha value is -1.75. The number of hydrogen-bond donors (Lipinski definition) is 1. The number of hydrogen-bond acceptors (Lipinski definition) is 6. The molecule has 0 radical (unpaired) electrons. The quantitative estimate of drug-likeness (QED) is 0.687. The van der Waals surface area contributed by atoms with Gasteiger partial charge in [-0.15, -0.1) is 0 Å². The summed E-state index contributed by atoms with van der Waals surface area (Å²) in [5.74, 6) is -0.280. The lowest BCUT2D eigenvalue weighted by Crippen LogP contribution is -2.22. The van der Waals surface area contributed by atoms with Crippen LogP contribution in [0.2, 0.25) is 0 Å². The van der Waals surface area contributed by atoms with E-state index in [1.54, 1.807) is 18.2 Å². The van der Waals surface area contributed by atoms with Gasteiger partial charge in [0, 0.05) is 14.1 Å². The Bertz CT molecular complexity index is 1020. The van der Waals surface area contributed by atoms with Gasteiger partial charge in [0.1, 0.15) is 0 Å². The fraction of sp³-hybridized carbons (Fsp3) is 0.143. The number of furan rings is 1. The molecule has 0 unspecified atom stereocenters. The molecule has 2 aromatic heterocycles. The van der Waals surface area contributed by atoms with E-state index < -0.39 is 15.9 Å². The van der Waals surface area contributed by atoms with Crippen molar-refractivity contribution in [2.45, 2.75) is 4.90 Å². The van der Waals surface area contributed by atoms with E-state index in [-0.39, 0.29) is 10.7 Å². The summed E-state index contributed by atoms with van der Waals surface area (Å²) in [5, 5.41) is 3.00. The summed E-state index contributed by atoms with van der Waals surface area (Å²) in [6.45, 7) is 0. The van der Waals surface area contributed by atoms with Gasteiger partial charge in [-0.05, 0) is 46.3 Å². The Morgan fingerprint density at radius 2 is 2.04 bits per heavy atom. The fourth-order valence-corrected chi connectivity index (χ4v) is 4.13. The van der Waals surface area contributed by atoms with Gasteiger partial charge in [0.25, 0.3) is 5.91 Å². The molecule has 24 heavy (non-hydrogen) atoms. The van der Waals surface area contributed by atoms with Crippen LogP contribution in [0.4, 0.5) is 5.13 Å². The summed E-state index contributed by atoms with van der Waals surface area (Å²) in [6, 6.07) is 7.80. The zero-order chi connectivity index (χ0) is 17.5. The first kappa shape index (κ1) is 17.1. The Balaban J connectivity index is 1.90. The van der Waals surface area contributed by atoms with Crippen LogP contribution < -0.4 is 5.32 Å². The van der Waals surface area contributed by atoms with E-state index in [9.17, 15) is 13.2 Å². The molecule has 1 amide bonds. The standard InChI is InChI=1S/C14H12BrN3O4S2/c1-18(2)24(20,21)8-3-4-9-11(7-8)23-14(16-9)17-13(19)10-5-6-12(15)22-10/h3-7H,1-2H3,(H,16,17,19). The number of sulfonamides is 1. The summed E-state index contributed by atoms with van der Waals surface area (Å²) >= 11 is 4.32. The number of carbonyl (C=O) groups excluding carboxylic acids is 1. The highest BCUT2D eigenvalue weighted by Crippen LogP contribution is 2.29. The number of aromatic nitrogens is 1. The second kappa shape index (κ2) is 6.28. The summed E-state index contributed by atoms with van der Waals surface area (Å²) in [7, 11) is -0.575. The van der Waals surface area contributed by atoms with Crippen LogP contribution in [0.3, 0.4) is 0 Å². The third kappa shape index (κ3) is 3.22. The summed E-state index contributed by atoms with van der Waals surface area (Å²) < 4.78 is 31.8. The summed E-state index contributed by atoms with van der Waals surface area (Å²) in [5.41, 5.74) is 0.605. The Morgan fingerprint density at radius 1 is 1.29 bits per heavy atom. The molecule has 1 aromatic carbocycles. The maximum Gasteiger partial charge on any atom is 0.293 e. The average molecular weight is 430 g/mol. The molecule has 0 aliphatic rings. The molecule has 7 nitrogen and oxygen atoms in total. The van der Waals surface area contributed by atoms with E-state index >= 15 is 0 Å². The van der Waals surface area contributed by atoms with Gasteiger partial charge in [-0.3, -0.25) is 10.1 Å². The first-order chi connectivity index (χ1) is 11.3. The number of nitrogens with one attached hydrogen (secondary N) is 1. The molecular weight excluding hydrogens is 418 g/mol. The van der Waals surface area contributed by atoms with Crippen molar-refractivity contribution >= 4 is 58.5 Å². The van der Waals surface area contributed by atoms with Crippen LogP contribution in [0.25, 0.3) is 10.2 Å². The highest BCUT2D eigenvalue weighted by Gasteiger charge is 2.19. The van der Waals surface area contributed by atoms with Gasteiger partial charge in [-0.1, -0.05) is 11.3 Å². The lowest BCUT2D eigenvalue weighted by Gasteiger charge is -2.10. The third-order valence-corrected chi connectivity index (χ3v) is 6.33. The number of rotatable bonds is 4.